The Morgan fingerprint density at radius 2 is 0.904 bits per heavy atom. The Balaban J connectivity index is 1.24. The number of rotatable bonds is 6. The van der Waals surface area contributed by atoms with E-state index >= 15 is 0 Å². The van der Waals surface area contributed by atoms with Crippen LogP contribution in [0.3, 0.4) is 0 Å². The zero-order chi connectivity index (χ0) is 34.4. The van der Waals surface area contributed by atoms with Gasteiger partial charge in [-0.1, -0.05) is 152 Å². The molecular formula is C50H34N2. The molecule has 2 heteroatoms. The van der Waals surface area contributed by atoms with Crippen molar-refractivity contribution in [3.63, 3.8) is 0 Å². The Morgan fingerprint density at radius 1 is 0.327 bits per heavy atom. The van der Waals surface area contributed by atoms with E-state index in [2.05, 4.69) is 216 Å². The first-order chi connectivity index (χ1) is 25.8. The van der Waals surface area contributed by atoms with Gasteiger partial charge in [-0.05, 0) is 92.8 Å². The van der Waals surface area contributed by atoms with Crippen LogP contribution in [0.4, 0.5) is 17.1 Å². The maximum Gasteiger partial charge on any atom is 0.0546 e. The fourth-order valence-electron chi connectivity index (χ4n) is 8.02. The molecule has 0 fully saturated rings. The monoisotopic (exact) mass is 662 g/mol. The summed E-state index contributed by atoms with van der Waals surface area (Å²) < 4.78 is 2.40. The zero-order valence-electron chi connectivity index (χ0n) is 28.5. The third kappa shape index (κ3) is 4.96. The minimum absolute atomic E-state index is 1.09. The zero-order valence-corrected chi connectivity index (χ0v) is 28.5. The van der Waals surface area contributed by atoms with E-state index in [1.807, 2.05) is 0 Å². The van der Waals surface area contributed by atoms with Crippen molar-refractivity contribution in [2.45, 2.75) is 0 Å². The van der Waals surface area contributed by atoms with Crippen molar-refractivity contribution in [3.05, 3.63) is 206 Å². The van der Waals surface area contributed by atoms with Gasteiger partial charge < -0.3 is 9.47 Å². The summed E-state index contributed by atoms with van der Waals surface area (Å²) in [5.41, 5.74) is 11.6. The molecule has 0 bridgehead atoms. The topological polar surface area (TPSA) is 8.17 Å². The van der Waals surface area contributed by atoms with Crippen LogP contribution in [0.2, 0.25) is 0 Å². The molecule has 244 valence electrons. The quantitative estimate of drug-likeness (QED) is 0.161. The Hall–Kier alpha value is -6.90. The second-order valence-electron chi connectivity index (χ2n) is 13.3. The van der Waals surface area contributed by atoms with Crippen LogP contribution in [0.1, 0.15) is 0 Å². The van der Waals surface area contributed by atoms with E-state index in [1.165, 1.54) is 65.6 Å². The van der Waals surface area contributed by atoms with E-state index in [9.17, 15) is 0 Å². The summed E-state index contributed by atoms with van der Waals surface area (Å²) in [6.45, 7) is 0. The molecule has 0 saturated heterocycles. The van der Waals surface area contributed by atoms with Crippen LogP contribution in [0.5, 0.6) is 0 Å². The molecule has 52 heavy (non-hydrogen) atoms. The average molecular weight is 663 g/mol. The maximum atomic E-state index is 2.42. The molecule has 0 unspecified atom stereocenters. The van der Waals surface area contributed by atoms with Crippen molar-refractivity contribution in [1.82, 2.24) is 4.57 Å². The van der Waals surface area contributed by atoms with E-state index in [0.29, 0.717) is 0 Å². The molecule has 0 N–H and O–H groups in total. The van der Waals surface area contributed by atoms with E-state index in [1.54, 1.807) is 0 Å². The summed E-state index contributed by atoms with van der Waals surface area (Å²) >= 11 is 0. The van der Waals surface area contributed by atoms with Crippen LogP contribution < -0.4 is 4.90 Å². The fourth-order valence-corrected chi connectivity index (χ4v) is 8.02. The van der Waals surface area contributed by atoms with Crippen molar-refractivity contribution >= 4 is 60.4 Å². The molecule has 0 saturated carbocycles. The highest BCUT2D eigenvalue weighted by Gasteiger charge is 2.21. The van der Waals surface area contributed by atoms with Crippen molar-refractivity contribution in [1.29, 1.82) is 0 Å². The van der Waals surface area contributed by atoms with Crippen LogP contribution in [0, 0.1) is 0 Å². The first kappa shape index (κ1) is 30.0. The van der Waals surface area contributed by atoms with Crippen LogP contribution in [0.25, 0.3) is 71.3 Å². The van der Waals surface area contributed by atoms with Gasteiger partial charge in [-0.3, -0.25) is 0 Å². The Kier molecular flexibility index (Phi) is 7.18. The van der Waals surface area contributed by atoms with Crippen molar-refractivity contribution in [3.8, 4) is 27.9 Å². The number of fused-ring (bicyclic) bond motifs is 6. The highest BCUT2D eigenvalue weighted by atomic mass is 15.1. The summed E-state index contributed by atoms with van der Waals surface area (Å²) in [4.78, 5) is 2.42. The number of aromatic nitrogens is 1. The van der Waals surface area contributed by atoms with E-state index in [4.69, 9.17) is 0 Å². The highest BCUT2D eigenvalue weighted by Crippen LogP contribution is 2.45. The predicted molar refractivity (Wildman–Crippen MR) is 221 cm³/mol. The first-order valence-corrected chi connectivity index (χ1v) is 17.9. The first-order valence-electron chi connectivity index (χ1n) is 17.9. The molecule has 0 radical (unpaired) electrons. The molecule has 10 rings (SSSR count). The Bertz CT molecular complexity index is 2850. The van der Waals surface area contributed by atoms with Gasteiger partial charge in [0.05, 0.1) is 16.7 Å². The van der Waals surface area contributed by atoms with Gasteiger partial charge in [0.1, 0.15) is 0 Å². The summed E-state index contributed by atoms with van der Waals surface area (Å²) in [6, 6.07) is 74.8. The lowest BCUT2D eigenvalue weighted by Crippen LogP contribution is -2.12. The second-order valence-corrected chi connectivity index (χ2v) is 13.3. The number of para-hydroxylation sites is 3. The summed E-state index contributed by atoms with van der Waals surface area (Å²) in [5, 5.41) is 7.54. The standard InChI is InChI=1S/C50H34N2/c1-3-16-35(17-4-1)42-31-30-37(47-32-36-18-7-8-23-41(36)43-24-9-10-25-44(43)47)33-50(42)51(38-19-5-2-6-20-38)39-21-15-22-40(34-39)52-48-28-13-11-26-45(48)46-27-12-14-29-49(46)52/h1-34H. The third-order valence-electron chi connectivity index (χ3n) is 10.3. The molecule has 0 aliphatic carbocycles. The average Bonchev–Trinajstić information content (AvgIpc) is 3.56. The van der Waals surface area contributed by atoms with Gasteiger partial charge in [-0.15, -0.1) is 0 Å². The van der Waals surface area contributed by atoms with Gasteiger partial charge in [-0.2, -0.15) is 0 Å². The van der Waals surface area contributed by atoms with Gasteiger partial charge >= 0.3 is 0 Å². The highest BCUT2D eigenvalue weighted by molar-refractivity contribution is 6.14. The molecule has 0 aliphatic rings. The van der Waals surface area contributed by atoms with Crippen molar-refractivity contribution in [2.75, 3.05) is 4.90 Å². The molecule has 1 aromatic heterocycles. The van der Waals surface area contributed by atoms with Crippen LogP contribution in [0.15, 0.2) is 206 Å². The number of hydrogen-bond donors (Lipinski definition) is 0. The van der Waals surface area contributed by atoms with Crippen LogP contribution in [-0.2, 0) is 0 Å². The SMILES string of the molecule is c1ccc(-c2ccc(-c3cc4ccccc4c4ccccc34)cc2N(c2ccccc2)c2cccc(-n3c4ccccc4c4ccccc43)c2)cc1. The van der Waals surface area contributed by atoms with Gasteiger partial charge in [0, 0.05) is 33.4 Å². The number of hydrogen-bond acceptors (Lipinski definition) is 1. The summed E-state index contributed by atoms with van der Waals surface area (Å²) in [7, 11) is 0. The lowest BCUT2D eigenvalue weighted by Gasteiger charge is -2.29. The summed E-state index contributed by atoms with van der Waals surface area (Å²) in [5.74, 6) is 0. The van der Waals surface area contributed by atoms with Gasteiger partial charge in [0.15, 0.2) is 0 Å². The van der Waals surface area contributed by atoms with E-state index in [-0.39, 0.29) is 0 Å². The lowest BCUT2D eigenvalue weighted by atomic mass is 9.91. The van der Waals surface area contributed by atoms with Crippen LogP contribution >= 0.6 is 0 Å². The van der Waals surface area contributed by atoms with Gasteiger partial charge in [0.2, 0.25) is 0 Å². The van der Waals surface area contributed by atoms with Crippen molar-refractivity contribution < 1.29 is 0 Å². The summed E-state index contributed by atoms with van der Waals surface area (Å²) in [6.07, 6.45) is 0. The molecule has 2 nitrogen and oxygen atoms in total. The van der Waals surface area contributed by atoms with Crippen LogP contribution in [-0.4, -0.2) is 4.57 Å². The van der Waals surface area contributed by atoms with E-state index < -0.39 is 0 Å². The largest absolute Gasteiger partial charge is 0.310 e. The fraction of sp³-hybridized carbons (Fsp3) is 0. The number of benzene rings is 9. The molecule has 0 aliphatic heterocycles. The Morgan fingerprint density at radius 3 is 1.63 bits per heavy atom. The van der Waals surface area contributed by atoms with E-state index in [0.717, 1.165) is 22.7 Å². The molecule has 0 atom stereocenters. The molecule has 0 amide bonds. The molecule has 1 heterocycles. The maximum absolute atomic E-state index is 2.42. The molecule has 0 spiro atoms. The van der Waals surface area contributed by atoms with Gasteiger partial charge in [-0.25, -0.2) is 0 Å². The lowest BCUT2D eigenvalue weighted by molar-refractivity contribution is 1.17. The third-order valence-corrected chi connectivity index (χ3v) is 10.3. The van der Waals surface area contributed by atoms with Crippen molar-refractivity contribution in [2.24, 2.45) is 0 Å². The number of anilines is 3. The second kappa shape index (κ2) is 12.5. The minimum atomic E-state index is 1.09. The number of nitrogens with zero attached hydrogens (tertiary/aromatic N) is 2. The molecule has 10 aromatic rings. The molecule has 9 aromatic carbocycles. The van der Waals surface area contributed by atoms with Gasteiger partial charge in [0.25, 0.3) is 0 Å². The normalized spacial score (nSPS) is 11.5. The molecular weight excluding hydrogens is 629 g/mol. The predicted octanol–water partition coefficient (Wildman–Crippen LogP) is 13.9. The smallest absolute Gasteiger partial charge is 0.0546 e. The Labute approximate surface area is 303 Å². The minimum Gasteiger partial charge on any atom is -0.310 e.